The summed E-state index contributed by atoms with van der Waals surface area (Å²) in [5.41, 5.74) is 1.53. The molecule has 11 heteroatoms. The molecule has 2 aromatic carbocycles. The molecule has 0 atom stereocenters. The zero-order valence-corrected chi connectivity index (χ0v) is 16.7. The van der Waals surface area contributed by atoms with Crippen LogP contribution in [-0.4, -0.2) is 33.7 Å². The third-order valence-electron chi connectivity index (χ3n) is 4.61. The standard InChI is InChI=1S/C19H17N5O5S/c1-23-15-7-2-3-8-16(15)24(19(23)26)10-9-17(25)22-30(27,28)14-6-4-5-13(11-14)18-21-20-12-29-18/h2-8,11-12H,9-10H2,1H3,(H,22,25). The van der Waals surface area contributed by atoms with E-state index in [9.17, 15) is 18.0 Å². The van der Waals surface area contributed by atoms with Gasteiger partial charge in [-0.05, 0) is 30.3 Å². The number of nitrogens with zero attached hydrogens (tertiary/aromatic N) is 4. The molecule has 4 rings (SSSR count). The van der Waals surface area contributed by atoms with Crippen molar-refractivity contribution in [2.45, 2.75) is 17.9 Å². The number of fused-ring (bicyclic) bond motifs is 1. The van der Waals surface area contributed by atoms with E-state index in [0.29, 0.717) is 11.1 Å². The maximum absolute atomic E-state index is 12.6. The Kier molecular flexibility index (Phi) is 4.96. The summed E-state index contributed by atoms with van der Waals surface area (Å²) < 4.78 is 35.2. The summed E-state index contributed by atoms with van der Waals surface area (Å²) in [5, 5.41) is 7.29. The van der Waals surface area contributed by atoms with Gasteiger partial charge in [0.15, 0.2) is 0 Å². The van der Waals surface area contributed by atoms with Crippen LogP contribution in [0.25, 0.3) is 22.5 Å². The molecule has 4 aromatic rings. The first-order valence-corrected chi connectivity index (χ1v) is 10.4. The van der Waals surface area contributed by atoms with E-state index in [0.717, 1.165) is 11.9 Å². The van der Waals surface area contributed by atoms with Crippen LogP contribution in [0, 0.1) is 0 Å². The van der Waals surface area contributed by atoms with Crippen LogP contribution in [0.4, 0.5) is 0 Å². The maximum Gasteiger partial charge on any atom is 0.328 e. The number of para-hydroxylation sites is 2. The van der Waals surface area contributed by atoms with E-state index >= 15 is 0 Å². The highest BCUT2D eigenvalue weighted by Gasteiger charge is 2.20. The van der Waals surface area contributed by atoms with Gasteiger partial charge in [0.05, 0.1) is 15.9 Å². The summed E-state index contributed by atoms with van der Waals surface area (Å²) in [5.74, 6) is -0.563. The molecule has 0 unspecified atom stereocenters. The smallest absolute Gasteiger partial charge is 0.328 e. The number of rotatable bonds is 6. The molecular weight excluding hydrogens is 410 g/mol. The minimum atomic E-state index is -4.11. The maximum atomic E-state index is 12.6. The minimum absolute atomic E-state index is 0.0452. The second kappa shape index (κ2) is 7.59. The first-order chi connectivity index (χ1) is 14.4. The number of sulfonamides is 1. The lowest BCUT2D eigenvalue weighted by Gasteiger charge is -2.08. The number of amides is 1. The number of carbonyl (C=O) groups excluding carboxylic acids is 1. The van der Waals surface area contributed by atoms with Crippen LogP contribution < -0.4 is 10.4 Å². The summed E-state index contributed by atoms with van der Waals surface area (Å²) >= 11 is 0. The molecule has 1 N–H and O–H groups in total. The molecule has 0 aliphatic heterocycles. The molecule has 0 spiro atoms. The average Bonchev–Trinajstić information content (AvgIpc) is 3.35. The monoisotopic (exact) mass is 427 g/mol. The van der Waals surface area contributed by atoms with E-state index in [1.807, 2.05) is 10.8 Å². The number of imidazole rings is 1. The summed E-state index contributed by atoms with van der Waals surface area (Å²) in [6, 6.07) is 13.0. The predicted octanol–water partition coefficient (Wildman–Crippen LogP) is 1.29. The predicted molar refractivity (Wildman–Crippen MR) is 107 cm³/mol. The van der Waals surface area contributed by atoms with Gasteiger partial charge in [-0.1, -0.05) is 18.2 Å². The molecule has 10 nitrogen and oxygen atoms in total. The summed E-state index contributed by atoms with van der Waals surface area (Å²) in [4.78, 5) is 24.6. The van der Waals surface area contributed by atoms with Crippen LogP contribution in [0.5, 0.6) is 0 Å². The third-order valence-corrected chi connectivity index (χ3v) is 5.98. The van der Waals surface area contributed by atoms with Crippen LogP contribution in [0.15, 0.2) is 69.0 Å². The highest BCUT2D eigenvalue weighted by atomic mass is 32.2. The molecule has 154 valence electrons. The second-order valence-electron chi connectivity index (χ2n) is 6.53. The highest BCUT2D eigenvalue weighted by Crippen LogP contribution is 2.20. The fourth-order valence-electron chi connectivity index (χ4n) is 3.15. The first kappa shape index (κ1) is 19.6. The van der Waals surface area contributed by atoms with Crippen LogP contribution in [0.3, 0.4) is 0 Å². The summed E-state index contributed by atoms with van der Waals surface area (Å²) in [6.07, 6.45) is 0.948. The van der Waals surface area contributed by atoms with Crippen molar-refractivity contribution in [3.63, 3.8) is 0 Å². The van der Waals surface area contributed by atoms with E-state index in [-0.39, 0.29) is 29.4 Å². The number of hydrogen-bond donors (Lipinski definition) is 1. The van der Waals surface area contributed by atoms with Crippen molar-refractivity contribution in [2.24, 2.45) is 7.05 Å². The lowest BCUT2D eigenvalue weighted by atomic mass is 10.2. The molecule has 0 aliphatic rings. The second-order valence-corrected chi connectivity index (χ2v) is 8.21. The SMILES string of the molecule is Cn1c(=O)n(CCC(=O)NS(=O)(=O)c2cccc(-c3nnco3)c2)c2ccccc21. The van der Waals surface area contributed by atoms with Gasteiger partial charge in [-0.3, -0.25) is 13.9 Å². The van der Waals surface area contributed by atoms with Crippen LogP contribution in [0.1, 0.15) is 6.42 Å². The van der Waals surface area contributed by atoms with E-state index in [4.69, 9.17) is 4.42 Å². The average molecular weight is 427 g/mol. The molecule has 0 radical (unpaired) electrons. The Bertz CT molecular complexity index is 1390. The van der Waals surface area contributed by atoms with Crippen LogP contribution in [0.2, 0.25) is 0 Å². The molecule has 30 heavy (non-hydrogen) atoms. The van der Waals surface area contributed by atoms with Crippen LogP contribution in [-0.2, 0) is 28.4 Å². The number of benzene rings is 2. The fraction of sp³-hybridized carbons (Fsp3) is 0.158. The Morgan fingerprint density at radius 1 is 1.13 bits per heavy atom. The summed E-state index contributed by atoms with van der Waals surface area (Å²) in [6.45, 7) is 0.0452. The van der Waals surface area contributed by atoms with Crippen molar-refractivity contribution in [2.75, 3.05) is 0 Å². The molecule has 2 heterocycles. The van der Waals surface area contributed by atoms with Gasteiger partial charge in [-0.15, -0.1) is 10.2 Å². The molecule has 0 aliphatic carbocycles. The Labute approximate surface area is 170 Å². The molecule has 2 aromatic heterocycles. The number of carbonyl (C=O) groups is 1. The van der Waals surface area contributed by atoms with Gasteiger partial charge in [-0.25, -0.2) is 17.9 Å². The van der Waals surface area contributed by atoms with Crippen molar-refractivity contribution < 1.29 is 17.6 Å². The lowest BCUT2D eigenvalue weighted by Crippen LogP contribution is -2.32. The third kappa shape index (κ3) is 3.62. The number of aromatic nitrogens is 4. The van der Waals surface area contributed by atoms with Gasteiger partial charge in [0, 0.05) is 25.6 Å². The first-order valence-electron chi connectivity index (χ1n) is 8.93. The minimum Gasteiger partial charge on any atom is -0.423 e. The zero-order chi connectivity index (χ0) is 21.3. The van der Waals surface area contributed by atoms with Gasteiger partial charge in [0.25, 0.3) is 10.0 Å². The molecular formula is C19H17N5O5S. The zero-order valence-electron chi connectivity index (χ0n) is 15.8. The topological polar surface area (TPSA) is 129 Å². The van der Waals surface area contributed by atoms with E-state index in [1.165, 1.54) is 27.3 Å². The summed E-state index contributed by atoms with van der Waals surface area (Å²) in [7, 11) is -2.47. The van der Waals surface area contributed by atoms with Gasteiger partial charge < -0.3 is 4.42 Å². The van der Waals surface area contributed by atoms with Crippen molar-refractivity contribution in [1.82, 2.24) is 24.1 Å². The Morgan fingerprint density at radius 3 is 2.63 bits per heavy atom. The number of hydrogen-bond acceptors (Lipinski definition) is 7. The fourth-order valence-corrected chi connectivity index (χ4v) is 4.21. The molecule has 0 fully saturated rings. The molecule has 0 saturated carbocycles. The molecule has 0 bridgehead atoms. The van der Waals surface area contributed by atoms with Gasteiger partial charge in [0.1, 0.15) is 0 Å². The van der Waals surface area contributed by atoms with Crippen molar-refractivity contribution in [3.8, 4) is 11.5 Å². The van der Waals surface area contributed by atoms with Crippen LogP contribution >= 0.6 is 0 Å². The lowest BCUT2D eigenvalue weighted by molar-refractivity contribution is -0.119. The van der Waals surface area contributed by atoms with Gasteiger partial charge >= 0.3 is 5.69 Å². The number of aryl methyl sites for hydroxylation is 2. The van der Waals surface area contributed by atoms with Crippen molar-refractivity contribution in [1.29, 1.82) is 0 Å². The van der Waals surface area contributed by atoms with Gasteiger partial charge in [-0.2, -0.15) is 0 Å². The Balaban J connectivity index is 1.50. The molecule has 0 saturated heterocycles. The molecule has 1 amide bonds. The van der Waals surface area contributed by atoms with Gasteiger partial charge in [0.2, 0.25) is 18.2 Å². The Morgan fingerprint density at radius 2 is 1.90 bits per heavy atom. The number of nitrogens with one attached hydrogen (secondary N) is 1. The van der Waals surface area contributed by atoms with Crippen molar-refractivity contribution >= 4 is 27.0 Å². The highest BCUT2D eigenvalue weighted by molar-refractivity contribution is 7.90. The van der Waals surface area contributed by atoms with E-state index < -0.39 is 15.9 Å². The van der Waals surface area contributed by atoms with E-state index in [1.54, 1.807) is 31.3 Å². The van der Waals surface area contributed by atoms with Crippen molar-refractivity contribution in [3.05, 3.63) is 65.4 Å². The normalized spacial score (nSPS) is 11.6. The largest absolute Gasteiger partial charge is 0.423 e. The van der Waals surface area contributed by atoms with E-state index in [2.05, 4.69) is 10.2 Å². The quantitative estimate of drug-likeness (QED) is 0.491. The Hall–Kier alpha value is -3.73.